The van der Waals surface area contributed by atoms with Gasteiger partial charge in [0.15, 0.2) is 0 Å². The molecule has 1 saturated heterocycles. The Bertz CT molecular complexity index is 488. The van der Waals surface area contributed by atoms with Crippen LogP contribution < -0.4 is 0 Å². The minimum absolute atomic E-state index is 0.296. The summed E-state index contributed by atoms with van der Waals surface area (Å²) in [6, 6.07) is 8.82. The van der Waals surface area contributed by atoms with Crippen LogP contribution in [-0.4, -0.2) is 49.7 Å². The number of piperidine rings is 1. The Hall–Kier alpha value is -1.88. The molecule has 1 aliphatic heterocycles. The van der Waals surface area contributed by atoms with Crippen LogP contribution in [0, 0.1) is 5.92 Å². The predicted molar refractivity (Wildman–Crippen MR) is 77.9 cm³/mol. The molecule has 0 bridgehead atoms. The lowest BCUT2D eigenvalue weighted by atomic mass is 9.95. The number of ether oxygens (including phenoxy) is 2. The lowest BCUT2D eigenvalue weighted by Gasteiger charge is -2.34. The summed E-state index contributed by atoms with van der Waals surface area (Å²) < 4.78 is 10.6. The Kier molecular flexibility index (Phi) is 5.33. The van der Waals surface area contributed by atoms with E-state index in [0.29, 0.717) is 25.1 Å². The number of likely N-dealkylation sites (tertiary alicyclic amines) is 1. The first-order valence-corrected chi connectivity index (χ1v) is 7.23. The van der Waals surface area contributed by atoms with Gasteiger partial charge in [0.05, 0.1) is 12.2 Å². The van der Waals surface area contributed by atoms with Gasteiger partial charge in [-0.15, -0.1) is 0 Å². The van der Waals surface area contributed by atoms with Gasteiger partial charge in [-0.2, -0.15) is 0 Å². The van der Waals surface area contributed by atoms with Gasteiger partial charge in [0.1, 0.15) is 12.0 Å². The van der Waals surface area contributed by atoms with Crippen molar-refractivity contribution in [1.82, 2.24) is 4.90 Å². The summed E-state index contributed by atoms with van der Waals surface area (Å²) in [4.78, 5) is 26.2. The van der Waals surface area contributed by atoms with Crippen LogP contribution in [0.25, 0.3) is 0 Å². The van der Waals surface area contributed by atoms with Gasteiger partial charge in [0, 0.05) is 13.1 Å². The lowest BCUT2D eigenvalue weighted by molar-refractivity contribution is -0.155. The molecule has 2 rings (SSSR count). The molecule has 1 aromatic rings. The highest BCUT2D eigenvalue weighted by Crippen LogP contribution is 2.22. The van der Waals surface area contributed by atoms with Gasteiger partial charge >= 0.3 is 11.9 Å². The number of nitrogens with zero attached hydrogens (tertiary/aromatic N) is 1. The predicted octanol–water partition coefficient (Wildman–Crippen LogP) is 1.73. The van der Waals surface area contributed by atoms with Gasteiger partial charge in [0.25, 0.3) is 0 Å². The number of carbonyl (C=O) groups excluding carboxylic acids is 2. The molecule has 0 aliphatic carbocycles. The van der Waals surface area contributed by atoms with Gasteiger partial charge in [0.2, 0.25) is 0 Å². The van der Waals surface area contributed by atoms with Crippen molar-refractivity contribution in [1.29, 1.82) is 0 Å². The van der Waals surface area contributed by atoms with E-state index in [1.165, 1.54) is 0 Å². The average molecular weight is 291 g/mol. The molecule has 0 amide bonds. The summed E-state index contributed by atoms with van der Waals surface area (Å²) in [5.74, 6) is -1.11. The molecule has 1 aromatic carbocycles. The topological polar surface area (TPSA) is 55.8 Å². The van der Waals surface area contributed by atoms with Crippen LogP contribution in [-0.2, 0) is 14.3 Å². The van der Waals surface area contributed by atoms with Gasteiger partial charge < -0.3 is 14.4 Å². The molecule has 0 aromatic heterocycles. The van der Waals surface area contributed by atoms with E-state index >= 15 is 0 Å². The molecular formula is C16H21NO4. The second-order valence-electron chi connectivity index (χ2n) is 5.22. The normalized spacial score (nSPS) is 22.6. The minimum Gasteiger partial charge on any atom is -0.466 e. The molecule has 1 aliphatic rings. The molecule has 21 heavy (non-hydrogen) atoms. The second-order valence-corrected chi connectivity index (χ2v) is 5.22. The molecule has 0 spiro atoms. The van der Waals surface area contributed by atoms with Crippen molar-refractivity contribution >= 4 is 11.9 Å². The Morgan fingerprint density at radius 3 is 2.67 bits per heavy atom. The highest BCUT2D eigenvalue weighted by Gasteiger charge is 2.37. The Morgan fingerprint density at radius 2 is 2.00 bits per heavy atom. The smallest absolute Gasteiger partial charge is 0.338 e. The lowest BCUT2D eigenvalue weighted by Crippen LogP contribution is -2.47. The number of hydrogen-bond donors (Lipinski definition) is 0. The van der Waals surface area contributed by atoms with E-state index in [4.69, 9.17) is 9.47 Å². The fourth-order valence-corrected chi connectivity index (χ4v) is 2.49. The zero-order valence-electron chi connectivity index (χ0n) is 12.5. The number of esters is 2. The van der Waals surface area contributed by atoms with Crippen molar-refractivity contribution in [2.75, 3.05) is 26.7 Å². The number of hydrogen-bond acceptors (Lipinski definition) is 5. The molecule has 114 valence electrons. The largest absolute Gasteiger partial charge is 0.466 e. The minimum atomic E-state index is -0.423. The van der Waals surface area contributed by atoms with E-state index < -0.39 is 12.0 Å². The fourth-order valence-electron chi connectivity index (χ4n) is 2.49. The molecular weight excluding hydrogens is 270 g/mol. The van der Waals surface area contributed by atoms with E-state index in [0.717, 1.165) is 6.54 Å². The maximum Gasteiger partial charge on any atom is 0.338 e. The Labute approximate surface area is 124 Å². The first kappa shape index (κ1) is 15.5. The molecule has 1 heterocycles. The summed E-state index contributed by atoms with van der Waals surface area (Å²) in [5, 5.41) is 0. The molecule has 2 unspecified atom stereocenters. The van der Waals surface area contributed by atoms with Gasteiger partial charge in [-0.1, -0.05) is 18.2 Å². The van der Waals surface area contributed by atoms with E-state index in [-0.39, 0.29) is 11.9 Å². The van der Waals surface area contributed by atoms with Crippen LogP contribution >= 0.6 is 0 Å². The summed E-state index contributed by atoms with van der Waals surface area (Å²) in [5.41, 5.74) is 0.499. The number of benzene rings is 1. The molecule has 0 radical (unpaired) electrons. The first-order valence-electron chi connectivity index (χ1n) is 7.23. The maximum atomic E-state index is 12.1. The van der Waals surface area contributed by atoms with Crippen LogP contribution in [0.15, 0.2) is 30.3 Å². The van der Waals surface area contributed by atoms with Crippen molar-refractivity contribution in [2.45, 2.75) is 19.4 Å². The highest BCUT2D eigenvalue weighted by atomic mass is 16.6. The zero-order chi connectivity index (χ0) is 15.2. The Balaban J connectivity index is 2.05. The van der Waals surface area contributed by atoms with Crippen LogP contribution in [0.1, 0.15) is 23.7 Å². The molecule has 0 N–H and O–H groups in total. The maximum absolute atomic E-state index is 12.1. The van der Waals surface area contributed by atoms with E-state index in [1.54, 1.807) is 31.2 Å². The summed E-state index contributed by atoms with van der Waals surface area (Å²) in [7, 11) is 1.95. The summed E-state index contributed by atoms with van der Waals surface area (Å²) >= 11 is 0. The SMILES string of the molecule is CCOC(=O)C1CN(C)CCC1OC(=O)c1ccccc1. The van der Waals surface area contributed by atoms with Crippen LogP contribution in [0.2, 0.25) is 0 Å². The van der Waals surface area contributed by atoms with Crippen LogP contribution in [0.4, 0.5) is 0 Å². The van der Waals surface area contributed by atoms with Gasteiger partial charge in [-0.25, -0.2) is 4.79 Å². The van der Waals surface area contributed by atoms with E-state index in [2.05, 4.69) is 4.90 Å². The molecule has 0 saturated carbocycles. The van der Waals surface area contributed by atoms with Gasteiger partial charge in [-0.05, 0) is 32.5 Å². The van der Waals surface area contributed by atoms with Gasteiger partial charge in [-0.3, -0.25) is 4.79 Å². The number of carbonyl (C=O) groups is 2. The van der Waals surface area contributed by atoms with Crippen molar-refractivity contribution in [3.63, 3.8) is 0 Å². The molecule has 5 nitrogen and oxygen atoms in total. The zero-order valence-corrected chi connectivity index (χ0v) is 12.5. The van der Waals surface area contributed by atoms with E-state index in [1.807, 2.05) is 13.1 Å². The third-order valence-corrected chi connectivity index (χ3v) is 3.61. The summed E-state index contributed by atoms with van der Waals surface area (Å²) in [6.07, 6.45) is 0.214. The average Bonchev–Trinajstić information content (AvgIpc) is 2.50. The van der Waals surface area contributed by atoms with Crippen molar-refractivity contribution < 1.29 is 19.1 Å². The Morgan fingerprint density at radius 1 is 1.29 bits per heavy atom. The molecule has 1 fully saturated rings. The quantitative estimate of drug-likeness (QED) is 0.791. The summed E-state index contributed by atoms with van der Waals surface area (Å²) in [6.45, 7) is 3.45. The van der Waals surface area contributed by atoms with Crippen LogP contribution in [0.3, 0.4) is 0 Å². The van der Waals surface area contributed by atoms with E-state index in [9.17, 15) is 9.59 Å². The monoisotopic (exact) mass is 291 g/mol. The van der Waals surface area contributed by atoms with Crippen molar-refractivity contribution in [3.8, 4) is 0 Å². The third-order valence-electron chi connectivity index (χ3n) is 3.61. The highest BCUT2D eigenvalue weighted by molar-refractivity contribution is 5.89. The third kappa shape index (κ3) is 4.04. The first-order chi connectivity index (χ1) is 10.1. The molecule has 5 heteroatoms. The van der Waals surface area contributed by atoms with Crippen molar-refractivity contribution in [2.24, 2.45) is 5.92 Å². The van der Waals surface area contributed by atoms with Crippen molar-refractivity contribution in [3.05, 3.63) is 35.9 Å². The molecule has 2 atom stereocenters. The fraction of sp³-hybridized carbons (Fsp3) is 0.500. The number of rotatable bonds is 4. The second kappa shape index (κ2) is 7.22. The van der Waals surface area contributed by atoms with Crippen LogP contribution in [0.5, 0.6) is 0 Å². The standard InChI is InChI=1S/C16H21NO4/c1-3-20-16(19)13-11-17(2)10-9-14(13)21-15(18)12-7-5-4-6-8-12/h4-8,13-14H,3,9-11H2,1-2H3.